The number of aliphatic hydroxyl groups excluding tert-OH is 1. The summed E-state index contributed by atoms with van der Waals surface area (Å²) in [4.78, 5) is 0. The number of aryl methyl sites for hydroxylation is 1. The first-order valence-corrected chi connectivity index (χ1v) is 5.74. The SMILES string of the molecule is Cc1cccc(CNCC(C)CCO)c1O. The van der Waals surface area contributed by atoms with E-state index >= 15 is 0 Å². The Labute approximate surface area is 97.1 Å². The Kier molecular flexibility index (Phi) is 5.29. The van der Waals surface area contributed by atoms with Gasteiger partial charge in [-0.25, -0.2) is 0 Å². The van der Waals surface area contributed by atoms with Crippen LogP contribution in [0.3, 0.4) is 0 Å². The van der Waals surface area contributed by atoms with Crippen LogP contribution in [0.15, 0.2) is 18.2 Å². The Hall–Kier alpha value is -1.06. The van der Waals surface area contributed by atoms with E-state index in [9.17, 15) is 5.11 Å². The number of aromatic hydroxyl groups is 1. The molecule has 1 unspecified atom stereocenters. The molecule has 0 aromatic heterocycles. The molecule has 0 amide bonds. The highest BCUT2D eigenvalue weighted by Gasteiger charge is 2.04. The van der Waals surface area contributed by atoms with Crippen LogP contribution in [0.25, 0.3) is 0 Å². The number of nitrogens with one attached hydrogen (secondary N) is 1. The molecule has 0 aliphatic rings. The third-order valence-corrected chi connectivity index (χ3v) is 2.75. The molecule has 3 heteroatoms. The van der Waals surface area contributed by atoms with Gasteiger partial charge < -0.3 is 15.5 Å². The first-order valence-electron chi connectivity index (χ1n) is 5.74. The van der Waals surface area contributed by atoms with Gasteiger partial charge in [0.15, 0.2) is 0 Å². The summed E-state index contributed by atoms with van der Waals surface area (Å²) < 4.78 is 0. The second kappa shape index (κ2) is 6.51. The van der Waals surface area contributed by atoms with E-state index in [1.165, 1.54) is 0 Å². The molecule has 1 aromatic carbocycles. The molecule has 1 atom stereocenters. The maximum Gasteiger partial charge on any atom is 0.122 e. The molecule has 0 aliphatic carbocycles. The average molecular weight is 223 g/mol. The number of aliphatic hydroxyl groups is 1. The number of para-hydroxylation sites is 1. The minimum absolute atomic E-state index is 0.235. The van der Waals surface area contributed by atoms with Crippen LogP contribution in [-0.4, -0.2) is 23.4 Å². The lowest BCUT2D eigenvalue weighted by Crippen LogP contribution is -2.21. The van der Waals surface area contributed by atoms with Gasteiger partial charge in [0.1, 0.15) is 5.75 Å². The highest BCUT2D eigenvalue weighted by molar-refractivity contribution is 5.39. The van der Waals surface area contributed by atoms with Crippen LogP contribution in [0, 0.1) is 12.8 Å². The average Bonchev–Trinajstić information content (AvgIpc) is 2.25. The lowest BCUT2D eigenvalue weighted by molar-refractivity contribution is 0.260. The summed E-state index contributed by atoms with van der Waals surface area (Å²) in [6, 6.07) is 5.77. The van der Waals surface area contributed by atoms with Crippen molar-refractivity contribution >= 4 is 0 Å². The molecule has 0 radical (unpaired) electrons. The maximum atomic E-state index is 9.79. The van der Waals surface area contributed by atoms with Crippen LogP contribution >= 0.6 is 0 Å². The van der Waals surface area contributed by atoms with Crippen molar-refractivity contribution < 1.29 is 10.2 Å². The molecule has 0 aliphatic heterocycles. The Bertz CT molecular complexity index is 326. The van der Waals surface area contributed by atoms with E-state index in [-0.39, 0.29) is 6.61 Å². The van der Waals surface area contributed by atoms with Gasteiger partial charge in [0.25, 0.3) is 0 Å². The van der Waals surface area contributed by atoms with Crippen molar-refractivity contribution in [2.24, 2.45) is 5.92 Å². The summed E-state index contributed by atoms with van der Waals surface area (Å²) in [6.07, 6.45) is 0.812. The van der Waals surface area contributed by atoms with Gasteiger partial charge in [-0.3, -0.25) is 0 Å². The van der Waals surface area contributed by atoms with Crippen molar-refractivity contribution in [2.45, 2.75) is 26.8 Å². The second-order valence-corrected chi connectivity index (χ2v) is 4.33. The minimum Gasteiger partial charge on any atom is -0.507 e. The molecular weight excluding hydrogens is 202 g/mol. The number of hydrogen-bond acceptors (Lipinski definition) is 3. The highest BCUT2D eigenvalue weighted by Crippen LogP contribution is 2.20. The van der Waals surface area contributed by atoms with Crippen LogP contribution in [0.2, 0.25) is 0 Å². The van der Waals surface area contributed by atoms with Gasteiger partial charge in [0, 0.05) is 18.7 Å². The number of phenols is 1. The van der Waals surface area contributed by atoms with Gasteiger partial charge in [-0.15, -0.1) is 0 Å². The van der Waals surface area contributed by atoms with Crippen LogP contribution in [-0.2, 0) is 6.54 Å². The van der Waals surface area contributed by atoms with Gasteiger partial charge >= 0.3 is 0 Å². The monoisotopic (exact) mass is 223 g/mol. The van der Waals surface area contributed by atoms with Gasteiger partial charge in [-0.1, -0.05) is 25.1 Å². The Balaban J connectivity index is 2.40. The maximum absolute atomic E-state index is 9.79. The van der Waals surface area contributed by atoms with E-state index in [1.54, 1.807) is 0 Å². The zero-order valence-electron chi connectivity index (χ0n) is 10.0. The first kappa shape index (κ1) is 13.0. The summed E-state index contributed by atoms with van der Waals surface area (Å²) >= 11 is 0. The zero-order chi connectivity index (χ0) is 12.0. The molecule has 0 spiro atoms. The van der Waals surface area contributed by atoms with Crippen molar-refractivity contribution in [2.75, 3.05) is 13.2 Å². The van der Waals surface area contributed by atoms with Crippen LogP contribution in [0.4, 0.5) is 0 Å². The summed E-state index contributed by atoms with van der Waals surface area (Å²) in [7, 11) is 0. The lowest BCUT2D eigenvalue weighted by Gasteiger charge is -2.12. The molecule has 0 bridgehead atoms. The number of phenolic OH excluding ortho intramolecular Hbond substituents is 1. The highest BCUT2D eigenvalue weighted by atomic mass is 16.3. The number of benzene rings is 1. The van der Waals surface area contributed by atoms with Gasteiger partial charge in [0.2, 0.25) is 0 Å². The fourth-order valence-corrected chi connectivity index (χ4v) is 1.64. The number of rotatable bonds is 6. The smallest absolute Gasteiger partial charge is 0.122 e. The molecule has 0 heterocycles. The Morgan fingerprint density at radius 2 is 2.12 bits per heavy atom. The van der Waals surface area contributed by atoms with E-state index in [4.69, 9.17) is 5.11 Å². The van der Waals surface area contributed by atoms with Gasteiger partial charge in [0.05, 0.1) is 0 Å². The second-order valence-electron chi connectivity index (χ2n) is 4.33. The van der Waals surface area contributed by atoms with Crippen molar-refractivity contribution in [1.29, 1.82) is 0 Å². The largest absolute Gasteiger partial charge is 0.507 e. The summed E-state index contributed by atoms with van der Waals surface area (Å²) in [6.45, 7) is 5.75. The molecule has 0 saturated carbocycles. The van der Waals surface area contributed by atoms with Gasteiger partial charge in [-0.2, -0.15) is 0 Å². The standard InChI is InChI=1S/C13H21NO2/c1-10(6-7-15)8-14-9-12-5-3-4-11(2)13(12)16/h3-5,10,14-16H,6-9H2,1-2H3. The summed E-state index contributed by atoms with van der Waals surface area (Å²) in [5, 5.41) is 21.8. The van der Waals surface area contributed by atoms with Crippen molar-refractivity contribution in [1.82, 2.24) is 5.32 Å². The van der Waals surface area contributed by atoms with E-state index in [0.717, 1.165) is 24.1 Å². The van der Waals surface area contributed by atoms with E-state index in [1.807, 2.05) is 25.1 Å². The normalized spacial score (nSPS) is 12.7. The molecule has 3 nitrogen and oxygen atoms in total. The molecule has 0 fully saturated rings. The predicted octanol–water partition coefficient (Wildman–Crippen LogP) is 1.81. The van der Waals surface area contributed by atoms with Crippen molar-refractivity contribution in [3.8, 4) is 5.75 Å². The van der Waals surface area contributed by atoms with Gasteiger partial charge in [-0.05, 0) is 31.4 Å². The van der Waals surface area contributed by atoms with E-state index in [0.29, 0.717) is 18.2 Å². The first-order chi connectivity index (χ1) is 7.65. The molecule has 0 saturated heterocycles. The minimum atomic E-state index is 0.235. The van der Waals surface area contributed by atoms with E-state index < -0.39 is 0 Å². The van der Waals surface area contributed by atoms with Crippen molar-refractivity contribution in [3.63, 3.8) is 0 Å². The predicted molar refractivity (Wildman–Crippen MR) is 65.4 cm³/mol. The quantitative estimate of drug-likeness (QED) is 0.689. The van der Waals surface area contributed by atoms with Crippen LogP contribution in [0.5, 0.6) is 5.75 Å². The molecule has 1 rings (SSSR count). The Morgan fingerprint density at radius 1 is 1.38 bits per heavy atom. The molecular formula is C13H21NO2. The van der Waals surface area contributed by atoms with E-state index in [2.05, 4.69) is 12.2 Å². The fourth-order valence-electron chi connectivity index (χ4n) is 1.64. The molecule has 3 N–H and O–H groups in total. The lowest BCUT2D eigenvalue weighted by atomic mass is 10.1. The fraction of sp³-hybridized carbons (Fsp3) is 0.538. The van der Waals surface area contributed by atoms with Crippen LogP contribution in [0.1, 0.15) is 24.5 Å². The molecule has 1 aromatic rings. The molecule has 90 valence electrons. The molecule has 16 heavy (non-hydrogen) atoms. The summed E-state index contributed by atoms with van der Waals surface area (Å²) in [5.74, 6) is 0.835. The summed E-state index contributed by atoms with van der Waals surface area (Å²) in [5.41, 5.74) is 1.83. The third kappa shape index (κ3) is 3.83. The third-order valence-electron chi connectivity index (χ3n) is 2.75. The van der Waals surface area contributed by atoms with Crippen molar-refractivity contribution in [3.05, 3.63) is 29.3 Å². The Morgan fingerprint density at radius 3 is 2.81 bits per heavy atom. The zero-order valence-corrected chi connectivity index (χ0v) is 10.0. The number of hydrogen-bond donors (Lipinski definition) is 3. The topological polar surface area (TPSA) is 52.5 Å². The van der Waals surface area contributed by atoms with Crippen LogP contribution < -0.4 is 5.32 Å².